The van der Waals surface area contributed by atoms with Gasteiger partial charge in [0.05, 0.1) is 9.85 Å². The van der Waals surface area contributed by atoms with E-state index in [-0.39, 0.29) is 15.7 Å². The Bertz CT molecular complexity index is 578. The van der Waals surface area contributed by atoms with E-state index in [0.29, 0.717) is 5.92 Å². The third kappa shape index (κ3) is 3.62. The number of benzene rings is 2. The summed E-state index contributed by atoms with van der Waals surface area (Å²) in [4.78, 5) is -0.0983. The molecule has 1 unspecified atom stereocenters. The fourth-order valence-corrected chi connectivity index (χ4v) is 3.24. The van der Waals surface area contributed by atoms with Crippen molar-refractivity contribution in [1.82, 2.24) is 0 Å². The molecule has 20 heavy (non-hydrogen) atoms. The molecule has 2 aromatic rings. The lowest BCUT2D eigenvalue weighted by Crippen LogP contribution is -1.97. The van der Waals surface area contributed by atoms with E-state index in [4.69, 9.17) is 11.6 Å². The van der Waals surface area contributed by atoms with Gasteiger partial charge in [0.25, 0.3) is 0 Å². The minimum Gasteiger partial charge on any atom is -0.205 e. The van der Waals surface area contributed by atoms with Crippen LogP contribution in [0, 0.1) is 11.7 Å². The molecule has 0 aliphatic carbocycles. The van der Waals surface area contributed by atoms with Crippen LogP contribution in [0.1, 0.15) is 35.4 Å². The summed E-state index contributed by atoms with van der Waals surface area (Å²) in [5.74, 6) is 0.253. The quantitative estimate of drug-likeness (QED) is 0.576. The molecule has 0 heterocycles. The lowest BCUT2D eigenvalue weighted by Gasteiger charge is -2.14. The summed E-state index contributed by atoms with van der Waals surface area (Å²) >= 11 is 9.64. The van der Waals surface area contributed by atoms with Crippen LogP contribution in [0.5, 0.6) is 0 Å². The molecular formula is C17H17BrClF. The van der Waals surface area contributed by atoms with Gasteiger partial charge in [-0.2, -0.15) is 0 Å². The Balaban J connectivity index is 2.25. The van der Waals surface area contributed by atoms with Crippen LogP contribution in [0.15, 0.2) is 42.5 Å². The highest BCUT2D eigenvalue weighted by Crippen LogP contribution is 2.36. The predicted molar refractivity (Wildman–Crippen MR) is 87.2 cm³/mol. The molecule has 0 N–H and O–H groups in total. The van der Waals surface area contributed by atoms with Gasteiger partial charge in [-0.15, -0.1) is 0 Å². The first-order chi connectivity index (χ1) is 9.49. The Labute approximate surface area is 133 Å². The molecule has 0 saturated heterocycles. The number of halogens is 3. The summed E-state index contributed by atoms with van der Waals surface area (Å²) in [6.45, 7) is 4.40. The summed E-state index contributed by atoms with van der Waals surface area (Å²) in [5.41, 5.74) is 3.14. The molecule has 0 aliphatic rings. The van der Waals surface area contributed by atoms with Crippen LogP contribution in [0.25, 0.3) is 0 Å². The minimum atomic E-state index is -0.384. The van der Waals surface area contributed by atoms with Gasteiger partial charge < -0.3 is 0 Å². The fraction of sp³-hybridized carbons (Fsp3) is 0.294. The Morgan fingerprint density at radius 3 is 2.35 bits per heavy atom. The zero-order chi connectivity index (χ0) is 14.7. The molecule has 0 bridgehead atoms. The Morgan fingerprint density at radius 2 is 1.75 bits per heavy atom. The first kappa shape index (κ1) is 15.5. The Morgan fingerprint density at radius 1 is 1.10 bits per heavy atom. The molecule has 1 atom stereocenters. The van der Waals surface area contributed by atoms with Crippen LogP contribution in [-0.4, -0.2) is 0 Å². The fourth-order valence-electron chi connectivity index (χ4n) is 2.19. The van der Waals surface area contributed by atoms with E-state index in [1.54, 1.807) is 6.07 Å². The molecule has 106 valence electrons. The largest absolute Gasteiger partial charge is 0.205 e. The van der Waals surface area contributed by atoms with Crippen molar-refractivity contribution in [2.75, 3.05) is 0 Å². The monoisotopic (exact) mass is 354 g/mol. The zero-order valence-electron chi connectivity index (χ0n) is 11.5. The van der Waals surface area contributed by atoms with Crippen molar-refractivity contribution in [3.63, 3.8) is 0 Å². The zero-order valence-corrected chi connectivity index (χ0v) is 13.9. The molecule has 0 spiro atoms. The number of rotatable bonds is 4. The van der Waals surface area contributed by atoms with E-state index < -0.39 is 0 Å². The maximum absolute atomic E-state index is 13.5. The third-order valence-electron chi connectivity index (χ3n) is 3.17. The normalized spacial score (nSPS) is 12.7. The average Bonchev–Trinajstić information content (AvgIpc) is 2.41. The maximum atomic E-state index is 13.5. The molecule has 0 saturated carbocycles. The second kappa shape index (κ2) is 6.73. The molecular weight excluding hydrogens is 339 g/mol. The predicted octanol–water partition coefficient (Wildman–Crippen LogP) is 6.16. The van der Waals surface area contributed by atoms with Crippen molar-refractivity contribution in [2.45, 2.75) is 25.1 Å². The number of alkyl halides is 1. The molecule has 0 fully saturated rings. The average molecular weight is 356 g/mol. The molecule has 0 radical (unpaired) electrons. The smallest absolute Gasteiger partial charge is 0.142 e. The molecule has 3 heteroatoms. The van der Waals surface area contributed by atoms with Gasteiger partial charge in [-0.25, -0.2) is 4.39 Å². The van der Waals surface area contributed by atoms with Gasteiger partial charge in [0.2, 0.25) is 0 Å². The highest BCUT2D eigenvalue weighted by atomic mass is 79.9. The Hall–Kier alpha value is -0.860. The summed E-state index contributed by atoms with van der Waals surface area (Å²) in [5, 5.41) is 0.181. The molecule has 0 aliphatic heterocycles. The first-order valence-corrected chi connectivity index (χ1v) is 7.95. The van der Waals surface area contributed by atoms with Crippen molar-refractivity contribution in [1.29, 1.82) is 0 Å². The van der Waals surface area contributed by atoms with Crippen LogP contribution in [0.2, 0.25) is 5.02 Å². The van der Waals surface area contributed by atoms with Crippen LogP contribution in [0.3, 0.4) is 0 Å². The van der Waals surface area contributed by atoms with Gasteiger partial charge in [0, 0.05) is 0 Å². The van der Waals surface area contributed by atoms with Crippen molar-refractivity contribution in [3.8, 4) is 0 Å². The summed E-state index contributed by atoms with van der Waals surface area (Å²) in [7, 11) is 0. The molecule has 0 nitrogen and oxygen atoms in total. The lowest BCUT2D eigenvalue weighted by molar-refractivity contribution is 0.626. The number of hydrogen-bond acceptors (Lipinski definition) is 0. The van der Waals surface area contributed by atoms with Crippen LogP contribution >= 0.6 is 27.5 Å². The second-order valence-corrected chi connectivity index (χ2v) is 6.64. The highest BCUT2D eigenvalue weighted by molar-refractivity contribution is 9.09. The van der Waals surface area contributed by atoms with E-state index in [1.165, 1.54) is 11.6 Å². The minimum absolute atomic E-state index is 0.0983. The summed E-state index contributed by atoms with van der Waals surface area (Å²) < 4.78 is 13.5. The van der Waals surface area contributed by atoms with Crippen LogP contribution in [-0.2, 0) is 6.42 Å². The van der Waals surface area contributed by atoms with Crippen molar-refractivity contribution in [3.05, 3.63) is 70.0 Å². The highest BCUT2D eigenvalue weighted by Gasteiger charge is 2.16. The van der Waals surface area contributed by atoms with Crippen LogP contribution < -0.4 is 0 Å². The van der Waals surface area contributed by atoms with E-state index in [2.05, 4.69) is 54.0 Å². The van der Waals surface area contributed by atoms with E-state index in [9.17, 15) is 4.39 Å². The molecule has 0 aromatic heterocycles. The van der Waals surface area contributed by atoms with E-state index in [1.807, 2.05) is 6.07 Å². The number of hydrogen-bond donors (Lipinski definition) is 0. The van der Waals surface area contributed by atoms with Crippen molar-refractivity contribution >= 4 is 27.5 Å². The van der Waals surface area contributed by atoms with Gasteiger partial charge >= 0.3 is 0 Å². The van der Waals surface area contributed by atoms with Crippen LogP contribution in [0.4, 0.5) is 4.39 Å². The molecule has 0 amide bonds. The molecule has 2 aromatic carbocycles. The maximum Gasteiger partial charge on any atom is 0.142 e. The first-order valence-electron chi connectivity index (χ1n) is 6.66. The van der Waals surface area contributed by atoms with Gasteiger partial charge in [-0.3, -0.25) is 0 Å². The van der Waals surface area contributed by atoms with Crippen molar-refractivity contribution < 1.29 is 4.39 Å². The SMILES string of the molecule is CC(C)Cc1ccc(C(Br)c2cccc(F)c2Cl)cc1. The lowest BCUT2D eigenvalue weighted by atomic mass is 9.99. The molecule has 2 rings (SSSR count). The van der Waals surface area contributed by atoms with E-state index >= 15 is 0 Å². The third-order valence-corrected chi connectivity index (χ3v) is 4.59. The second-order valence-electron chi connectivity index (χ2n) is 5.35. The topological polar surface area (TPSA) is 0 Å². The van der Waals surface area contributed by atoms with Gasteiger partial charge in [-0.1, -0.05) is 77.8 Å². The Kier molecular flexibility index (Phi) is 5.22. The standard InChI is InChI=1S/C17H17BrClF/c1-11(2)10-12-6-8-13(9-7-12)16(18)14-4-3-5-15(20)17(14)19/h3-9,11,16H,10H2,1-2H3. The van der Waals surface area contributed by atoms with Gasteiger partial charge in [-0.05, 0) is 35.1 Å². The van der Waals surface area contributed by atoms with Gasteiger partial charge in [0.15, 0.2) is 0 Å². The van der Waals surface area contributed by atoms with Gasteiger partial charge in [0.1, 0.15) is 5.82 Å². The summed E-state index contributed by atoms with van der Waals surface area (Å²) in [6, 6.07) is 13.3. The summed E-state index contributed by atoms with van der Waals surface area (Å²) in [6.07, 6.45) is 1.06. The van der Waals surface area contributed by atoms with Crippen molar-refractivity contribution in [2.24, 2.45) is 5.92 Å². The van der Waals surface area contributed by atoms with E-state index in [0.717, 1.165) is 17.5 Å².